The Hall–Kier alpha value is -2.38. The lowest BCUT2D eigenvalue weighted by Crippen LogP contribution is -2.20. The van der Waals surface area contributed by atoms with Crippen LogP contribution >= 0.6 is 22.9 Å². The van der Waals surface area contributed by atoms with E-state index in [0.29, 0.717) is 34.3 Å². The van der Waals surface area contributed by atoms with Crippen molar-refractivity contribution in [2.75, 3.05) is 18.6 Å². The van der Waals surface area contributed by atoms with Crippen molar-refractivity contribution in [3.63, 3.8) is 0 Å². The van der Waals surface area contributed by atoms with E-state index in [1.165, 1.54) is 24.2 Å². The van der Waals surface area contributed by atoms with E-state index < -0.39 is 0 Å². The molecule has 3 aromatic heterocycles. The Kier molecular flexibility index (Phi) is 5.37. The molecule has 0 saturated heterocycles. The van der Waals surface area contributed by atoms with Crippen molar-refractivity contribution >= 4 is 34.7 Å². The summed E-state index contributed by atoms with van der Waals surface area (Å²) >= 11 is 7.45. The number of ether oxygens (including phenoxy) is 1. The summed E-state index contributed by atoms with van der Waals surface area (Å²) in [7, 11) is 2.06. The molecule has 1 aliphatic rings. The van der Waals surface area contributed by atoms with Gasteiger partial charge in [0, 0.05) is 19.3 Å². The number of rotatable bonds is 7. The number of aromatic nitrogens is 2. The molecule has 0 aromatic carbocycles. The number of anilines is 1. The van der Waals surface area contributed by atoms with Crippen molar-refractivity contribution in [2.24, 2.45) is 0 Å². The van der Waals surface area contributed by atoms with Gasteiger partial charge in [-0.1, -0.05) is 11.6 Å². The summed E-state index contributed by atoms with van der Waals surface area (Å²) < 4.78 is 11.7. The zero-order valence-electron chi connectivity index (χ0n) is 15.6. The molecule has 0 atom stereocenters. The highest BCUT2D eigenvalue weighted by Crippen LogP contribution is 2.36. The maximum Gasteiger partial charge on any atom is 0.312 e. The number of hydrogen-bond acceptors (Lipinski definition) is 7. The van der Waals surface area contributed by atoms with E-state index in [-0.39, 0.29) is 12.4 Å². The van der Waals surface area contributed by atoms with E-state index in [0.717, 1.165) is 16.3 Å². The van der Waals surface area contributed by atoms with Crippen LogP contribution in [0, 0.1) is 0 Å². The van der Waals surface area contributed by atoms with Gasteiger partial charge in [0.05, 0.1) is 33.5 Å². The Morgan fingerprint density at radius 1 is 1.36 bits per heavy atom. The Bertz CT molecular complexity index is 979. The molecule has 1 saturated carbocycles. The Morgan fingerprint density at radius 2 is 2.18 bits per heavy atom. The van der Waals surface area contributed by atoms with E-state index >= 15 is 0 Å². The van der Waals surface area contributed by atoms with Gasteiger partial charge < -0.3 is 14.1 Å². The molecule has 0 N–H and O–H groups in total. The predicted molar refractivity (Wildman–Crippen MR) is 110 cm³/mol. The van der Waals surface area contributed by atoms with Crippen molar-refractivity contribution in [1.82, 2.24) is 9.97 Å². The minimum absolute atomic E-state index is 0.0398. The molecule has 4 rings (SSSR count). The second-order valence-corrected chi connectivity index (χ2v) is 8.34. The topological polar surface area (TPSA) is 68.5 Å². The predicted octanol–water partition coefficient (Wildman–Crippen LogP) is 4.82. The summed E-state index contributed by atoms with van der Waals surface area (Å²) in [6.07, 6.45) is 4.21. The minimum Gasteiger partial charge on any atom is -0.466 e. The standard InChI is InChI=1S/C20H20ClN3O3S/c1-3-26-18(25)10-14-19(15-7-8-16(21)28-15)27-20(23-14)12-4-9-17(22-11-12)24(2)13-5-6-13/h4,7-9,11,13H,3,5-6,10H2,1-2H3. The van der Waals surface area contributed by atoms with Crippen molar-refractivity contribution in [1.29, 1.82) is 0 Å². The van der Waals surface area contributed by atoms with Crippen LogP contribution in [0.5, 0.6) is 0 Å². The van der Waals surface area contributed by atoms with E-state index in [9.17, 15) is 4.79 Å². The molecule has 0 unspecified atom stereocenters. The van der Waals surface area contributed by atoms with E-state index in [4.69, 9.17) is 20.8 Å². The first kappa shape index (κ1) is 19.0. The number of pyridine rings is 1. The molecule has 1 aliphatic carbocycles. The molecule has 0 spiro atoms. The van der Waals surface area contributed by atoms with E-state index in [1.807, 2.05) is 18.2 Å². The molecular weight excluding hydrogens is 398 g/mol. The van der Waals surface area contributed by atoms with Crippen LogP contribution in [0.25, 0.3) is 22.1 Å². The Labute approximate surface area is 172 Å². The number of carbonyl (C=O) groups is 1. The number of halogens is 1. The molecule has 0 amide bonds. The SMILES string of the molecule is CCOC(=O)Cc1nc(-c2ccc(N(C)C3CC3)nc2)oc1-c1ccc(Cl)s1. The van der Waals surface area contributed by atoms with Crippen LogP contribution in [-0.2, 0) is 16.0 Å². The molecule has 0 aliphatic heterocycles. The highest BCUT2D eigenvalue weighted by molar-refractivity contribution is 7.19. The van der Waals surface area contributed by atoms with E-state index in [1.54, 1.807) is 19.2 Å². The first-order chi connectivity index (χ1) is 13.5. The third kappa shape index (κ3) is 4.05. The molecule has 0 radical (unpaired) electrons. The van der Waals surface area contributed by atoms with Crippen LogP contribution < -0.4 is 4.90 Å². The number of carbonyl (C=O) groups excluding carboxylic acids is 1. The van der Waals surface area contributed by atoms with Gasteiger partial charge in [-0.3, -0.25) is 4.79 Å². The fourth-order valence-corrected chi connectivity index (χ4v) is 3.99. The summed E-state index contributed by atoms with van der Waals surface area (Å²) in [5.74, 6) is 1.55. The fraction of sp³-hybridized carbons (Fsp3) is 0.350. The third-order valence-corrected chi connectivity index (χ3v) is 5.79. The average Bonchev–Trinajstić information content (AvgIpc) is 3.32. The van der Waals surface area contributed by atoms with Gasteiger partial charge in [-0.2, -0.15) is 0 Å². The molecule has 6 nitrogen and oxygen atoms in total. The lowest BCUT2D eigenvalue weighted by molar-refractivity contribution is -0.142. The van der Waals surface area contributed by atoms with Crippen molar-refractivity contribution in [2.45, 2.75) is 32.2 Å². The zero-order chi connectivity index (χ0) is 19.7. The monoisotopic (exact) mass is 417 g/mol. The van der Waals surface area contributed by atoms with Crippen LogP contribution in [0.4, 0.5) is 5.82 Å². The van der Waals surface area contributed by atoms with Crippen LogP contribution in [0.3, 0.4) is 0 Å². The largest absolute Gasteiger partial charge is 0.466 e. The fourth-order valence-electron chi connectivity index (χ4n) is 2.94. The molecule has 1 fully saturated rings. The van der Waals surface area contributed by atoms with Gasteiger partial charge in [-0.25, -0.2) is 9.97 Å². The summed E-state index contributed by atoms with van der Waals surface area (Å²) in [5.41, 5.74) is 1.29. The summed E-state index contributed by atoms with van der Waals surface area (Å²) in [6, 6.07) is 8.14. The first-order valence-corrected chi connectivity index (χ1v) is 10.3. The number of oxazole rings is 1. The molecule has 8 heteroatoms. The number of hydrogen-bond donors (Lipinski definition) is 0. The second kappa shape index (κ2) is 7.93. The maximum absolute atomic E-state index is 12.0. The molecule has 3 heterocycles. The van der Waals surface area contributed by atoms with Crippen molar-refractivity contribution in [3.8, 4) is 22.1 Å². The average molecular weight is 418 g/mol. The van der Waals surface area contributed by atoms with E-state index in [2.05, 4.69) is 21.9 Å². The van der Waals surface area contributed by atoms with Crippen LogP contribution in [0.2, 0.25) is 4.34 Å². The quantitative estimate of drug-likeness (QED) is 0.513. The van der Waals surface area contributed by atoms with Gasteiger partial charge in [0.2, 0.25) is 5.89 Å². The maximum atomic E-state index is 12.0. The molecule has 3 aromatic rings. The lowest BCUT2D eigenvalue weighted by atomic mass is 10.2. The number of nitrogens with zero attached hydrogens (tertiary/aromatic N) is 3. The molecule has 0 bridgehead atoms. The summed E-state index contributed by atoms with van der Waals surface area (Å²) in [5, 5.41) is 0. The third-order valence-electron chi connectivity index (χ3n) is 4.56. The molecule has 146 valence electrons. The molecule has 28 heavy (non-hydrogen) atoms. The van der Waals surface area contributed by atoms with Gasteiger partial charge in [0.1, 0.15) is 5.82 Å². The molecular formula is C20H20ClN3O3S. The van der Waals surface area contributed by atoms with Crippen molar-refractivity contribution < 1.29 is 13.9 Å². The highest BCUT2D eigenvalue weighted by atomic mass is 35.5. The lowest BCUT2D eigenvalue weighted by Gasteiger charge is -2.16. The minimum atomic E-state index is -0.342. The zero-order valence-corrected chi connectivity index (χ0v) is 17.2. The first-order valence-electron chi connectivity index (χ1n) is 9.15. The Balaban J connectivity index is 1.65. The van der Waals surface area contributed by atoms with Crippen molar-refractivity contribution in [3.05, 3.63) is 40.5 Å². The second-order valence-electron chi connectivity index (χ2n) is 6.63. The van der Waals surface area contributed by atoms with Gasteiger partial charge >= 0.3 is 5.97 Å². The van der Waals surface area contributed by atoms with Crippen LogP contribution in [0.1, 0.15) is 25.5 Å². The van der Waals surface area contributed by atoms with Gasteiger partial charge in [0.25, 0.3) is 0 Å². The smallest absolute Gasteiger partial charge is 0.312 e. The number of thiophene rings is 1. The normalized spacial score (nSPS) is 13.5. The highest BCUT2D eigenvalue weighted by Gasteiger charge is 2.27. The van der Waals surface area contributed by atoms with Gasteiger partial charge in [-0.05, 0) is 44.0 Å². The number of esters is 1. The summed E-state index contributed by atoms with van der Waals surface area (Å²) in [6.45, 7) is 2.10. The van der Waals surface area contributed by atoms with Crippen LogP contribution in [-0.4, -0.2) is 35.6 Å². The Morgan fingerprint density at radius 3 is 2.79 bits per heavy atom. The summed E-state index contributed by atoms with van der Waals surface area (Å²) in [4.78, 5) is 24.1. The van der Waals surface area contributed by atoms with Crippen LogP contribution in [0.15, 0.2) is 34.9 Å². The van der Waals surface area contributed by atoms with Gasteiger partial charge in [-0.15, -0.1) is 11.3 Å². The van der Waals surface area contributed by atoms with Gasteiger partial charge in [0.15, 0.2) is 5.76 Å².